The molecular weight excluding hydrogens is 170 g/mol. The summed E-state index contributed by atoms with van der Waals surface area (Å²) in [4.78, 5) is 10.5. The molecule has 0 amide bonds. The van der Waals surface area contributed by atoms with Gasteiger partial charge in [-0.05, 0) is 26.7 Å². The third-order valence-corrected chi connectivity index (χ3v) is 2.41. The quantitative estimate of drug-likeness (QED) is 0.677. The molecule has 0 aliphatic carbocycles. The Morgan fingerprint density at radius 3 is 2.77 bits per heavy atom. The number of hydrogen-bond donors (Lipinski definition) is 2. The molecule has 1 fully saturated rings. The molecule has 0 spiro atoms. The summed E-state index contributed by atoms with van der Waals surface area (Å²) >= 11 is 0. The van der Waals surface area contributed by atoms with Crippen LogP contribution >= 0.6 is 0 Å². The lowest BCUT2D eigenvalue weighted by molar-refractivity contribution is -0.139. The van der Waals surface area contributed by atoms with E-state index in [1.54, 1.807) is 6.92 Å². The molecule has 2 N–H and O–H groups in total. The van der Waals surface area contributed by atoms with Gasteiger partial charge < -0.3 is 9.84 Å². The molecule has 13 heavy (non-hydrogen) atoms. The summed E-state index contributed by atoms with van der Waals surface area (Å²) in [7, 11) is 0. The van der Waals surface area contributed by atoms with Gasteiger partial charge in [-0.1, -0.05) is 0 Å². The van der Waals surface area contributed by atoms with Crippen molar-refractivity contribution in [2.45, 2.75) is 44.9 Å². The standard InChI is InChI=1S/C9H17NO3/c1-6(8-4-3-5-13-8)10-7(2)9(11)12/h6-8,10H,3-5H2,1-2H3,(H,11,12). The molecule has 4 nitrogen and oxygen atoms in total. The van der Waals surface area contributed by atoms with Crippen molar-refractivity contribution in [2.24, 2.45) is 0 Å². The van der Waals surface area contributed by atoms with E-state index in [4.69, 9.17) is 9.84 Å². The highest BCUT2D eigenvalue weighted by Gasteiger charge is 2.24. The van der Waals surface area contributed by atoms with E-state index in [9.17, 15) is 4.79 Å². The fourth-order valence-electron chi connectivity index (χ4n) is 1.57. The van der Waals surface area contributed by atoms with Gasteiger partial charge in [0, 0.05) is 12.6 Å². The molecule has 1 aliphatic rings. The summed E-state index contributed by atoms with van der Waals surface area (Å²) < 4.78 is 5.44. The fourth-order valence-corrected chi connectivity index (χ4v) is 1.57. The topological polar surface area (TPSA) is 58.6 Å². The molecule has 1 saturated heterocycles. The molecule has 1 rings (SSSR count). The maximum absolute atomic E-state index is 10.5. The monoisotopic (exact) mass is 187 g/mol. The second-order valence-electron chi connectivity index (χ2n) is 3.57. The zero-order valence-corrected chi connectivity index (χ0v) is 8.12. The Morgan fingerprint density at radius 1 is 1.62 bits per heavy atom. The molecule has 0 aromatic rings. The van der Waals surface area contributed by atoms with E-state index in [1.807, 2.05) is 6.92 Å². The van der Waals surface area contributed by atoms with Crippen LogP contribution in [0.1, 0.15) is 26.7 Å². The van der Waals surface area contributed by atoms with Crippen molar-refractivity contribution in [1.82, 2.24) is 5.32 Å². The first-order valence-corrected chi connectivity index (χ1v) is 4.71. The lowest BCUT2D eigenvalue weighted by Gasteiger charge is -2.22. The van der Waals surface area contributed by atoms with E-state index < -0.39 is 12.0 Å². The van der Waals surface area contributed by atoms with Crippen LogP contribution in [0.25, 0.3) is 0 Å². The fraction of sp³-hybridized carbons (Fsp3) is 0.889. The zero-order chi connectivity index (χ0) is 9.84. The van der Waals surface area contributed by atoms with E-state index in [-0.39, 0.29) is 12.1 Å². The molecule has 0 aromatic carbocycles. The Bertz CT molecular complexity index is 178. The van der Waals surface area contributed by atoms with Gasteiger partial charge in [-0.2, -0.15) is 0 Å². The number of carboxylic acids is 1. The maximum Gasteiger partial charge on any atom is 0.320 e. The van der Waals surface area contributed by atoms with Crippen LogP contribution in [0.4, 0.5) is 0 Å². The predicted octanol–water partition coefficient (Wildman–Crippen LogP) is 0.617. The van der Waals surface area contributed by atoms with E-state index >= 15 is 0 Å². The summed E-state index contributed by atoms with van der Waals surface area (Å²) in [6.07, 6.45) is 2.29. The van der Waals surface area contributed by atoms with Crippen LogP contribution in [0.2, 0.25) is 0 Å². The summed E-state index contributed by atoms with van der Waals surface area (Å²) in [5, 5.41) is 11.7. The Kier molecular flexibility index (Phi) is 3.69. The smallest absolute Gasteiger partial charge is 0.320 e. The second-order valence-corrected chi connectivity index (χ2v) is 3.57. The summed E-state index contributed by atoms with van der Waals surface area (Å²) in [5.41, 5.74) is 0. The first kappa shape index (κ1) is 10.5. The first-order valence-electron chi connectivity index (χ1n) is 4.71. The van der Waals surface area contributed by atoms with E-state index in [0.717, 1.165) is 19.4 Å². The molecule has 76 valence electrons. The Labute approximate surface area is 78.3 Å². The number of rotatable bonds is 4. The number of ether oxygens (including phenoxy) is 1. The van der Waals surface area contributed by atoms with Crippen LogP contribution in [-0.2, 0) is 9.53 Å². The van der Waals surface area contributed by atoms with Crippen molar-refractivity contribution in [2.75, 3.05) is 6.61 Å². The normalized spacial score (nSPS) is 27.1. The molecule has 4 heteroatoms. The predicted molar refractivity (Wildman–Crippen MR) is 48.7 cm³/mol. The molecule has 1 aliphatic heterocycles. The third kappa shape index (κ3) is 2.97. The van der Waals surface area contributed by atoms with Gasteiger partial charge in [0.05, 0.1) is 6.10 Å². The van der Waals surface area contributed by atoms with E-state index in [2.05, 4.69) is 5.32 Å². The van der Waals surface area contributed by atoms with Crippen LogP contribution < -0.4 is 5.32 Å². The Balaban J connectivity index is 2.30. The lowest BCUT2D eigenvalue weighted by Crippen LogP contribution is -2.45. The van der Waals surface area contributed by atoms with Gasteiger partial charge >= 0.3 is 5.97 Å². The van der Waals surface area contributed by atoms with Crippen LogP contribution in [0.3, 0.4) is 0 Å². The van der Waals surface area contributed by atoms with Gasteiger partial charge in [-0.25, -0.2) is 0 Å². The minimum absolute atomic E-state index is 0.119. The average Bonchev–Trinajstić information content (AvgIpc) is 2.55. The van der Waals surface area contributed by atoms with Gasteiger partial charge in [-0.15, -0.1) is 0 Å². The SMILES string of the molecule is CC(NC(C)C1CCCO1)C(=O)O. The highest BCUT2D eigenvalue weighted by molar-refractivity contribution is 5.72. The van der Waals surface area contributed by atoms with Crippen molar-refractivity contribution in [3.05, 3.63) is 0 Å². The van der Waals surface area contributed by atoms with E-state index in [0.29, 0.717) is 0 Å². The zero-order valence-electron chi connectivity index (χ0n) is 8.12. The van der Waals surface area contributed by atoms with Gasteiger partial charge in [0.2, 0.25) is 0 Å². The first-order chi connectivity index (χ1) is 6.11. The molecule has 1 heterocycles. The van der Waals surface area contributed by atoms with Crippen molar-refractivity contribution < 1.29 is 14.6 Å². The van der Waals surface area contributed by atoms with Crippen LogP contribution in [0.15, 0.2) is 0 Å². The average molecular weight is 187 g/mol. The number of carbonyl (C=O) groups is 1. The molecule has 3 atom stereocenters. The highest BCUT2D eigenvalue weighted by atomic mass is 16.5. The maximum atomic E-state index is 10.5. The van der Waals surface area contributed by atoms with Crippen molar-refractivity contribution >= 4 is 5.97 Å². The molecule has 3 unspecified atom stereocenters. The third-order valence-electron chi connectivity index (χ3n) is 2.41. The summed E-state index contributed by atoms with van der Waals surface area (Å²) in [6.45, 7) is 4.42. The summed E-state index contributed by atoms with van der Waals surface area (Å²) in [6, 6.07) is -0.382. The van der Waals surface area contributed by atoms with Gasteiger partial charge in [0.15, 0.2) is 0 Å². The van der Waals surface area contributed by atoms with Gasteiger partial charge in [0.1, 0.15) is 6.04 Å². The Hall–Kier alpha value is -0.610. The second kappa shape index (κ2) is 4.58. The molecular formula is C9H17NO3. The van der Waals surface area contributed by atoms with Crippen LogP contribution in [0, 0.1) is 0 Å². The number of nitrogens with one attached hydrogen (secondary N) is 1. The van der Waals surface area contributed by atoms with Crippen molar-refractivity contribution in [3.63, 3.8) is 0 Å². The van der Waals surface area contributed by atoms with Crippen molar-refractivity contribution in [3.8, 4) is 0 Å². The lowest BCUT2D eigenvalue weighted by atomic mass is 10.1. The number of hydrogen-bond acceptors (Lipinski definition) is 3. The van der Waals surface area contributed by atoms with Gasteiger partial charge in [-0.3, -0.25) is 10.1 Å². The Morgan fingerprint density at radius 2 is 2.31 bits per heavy atom. The molecule has 0 bridgehead atoms. The largest absolute Gasteiger partial charge is 0.480 e. The van der Waals surface area contributed by atoms with Crippen molar-refractivity contribution in [1.29, 1.82) is 0 Å². The highest BCUT2D eigenvalue weighted by Crippen LogP contribution is 2.15. The summed E-state index contributed by atoms with van der Waals surface area (Å²) in [5.74, 6) is -0.815. The number of aliphatic carboxylic acids is 1. The minimum atomic E-state index is -0.815. The van der Waals surface area contributed by atoms with Gasteiger partial charge in [0.25, 0.3) is 0 Å². The molecule has 0 radical (unpaired) electrons. The number of carboxylic acid groups (broad SMARTS) is 1. The minimum Gasteiger partial charge on any atom is -0.480 e. The van der Waals surface area contributed by atoms with Crippen LogP contribution in [0.5, 0.6) is 0 Å². The van der Waals surface area contributed by atoms with Crippen LogP contribution in [-0.4, -0.2) is 35.9 Å². The van der Waals surface area contributed by atoms with E-state index in [1.165, 1.54) is 0 Å². The molecule has 0 aromatic heterocycles. The molecule has 0 saturated carbocycles.